The van der Waals surface area contributed by atoms with Crippen molar-refractivity contribution in [1.82, 2.24) is 5.32 Å². The number of rotatable bonds is 4. The SMILES string of the molecule is CCC(C)CNC(=O)C1CNc2ccccc21. The third kappa shape index (κ3) is 2.60. The molecule has 0 spiro atoms. The number of benzene rings is 1. The predicted molar refractivity (Wildman–Crippen MR) is 70.1 cm³/mol. The highest BCUT2D eigenvalue weighted by Crippen LogP contribution is 2.30. The van der Waals surface area contributed by atoms with E-state index in [-0.39, 0.29) is 11.8 Å². The molecule has 0 aliphatic carbocycles. The normalized spacial score (nSPS) is 19.3. The first kappa shape index (κ1) is 12.0. The van der Waals surface area contributed by atoms with Crippen LogP contribution in [-0.2, 0) is 4.79 Å². The molecule has 0 saturated carbocycles. The molecule has 3 heteroatoms. The zero-order chi connectivity index (χ0) is 12.3. The van der Waals surface area contributed by atoms with Gasteiger partial charge in [-0.15, -0.1) is 0 Å². The highest BCUT2D eigenvalue weighted by atomic mass is 16.1. The van der Waals surface area contributed by atoms with E-state index in [2.05, 4.69) is 24.5 Å². The Bertz CT molecular complexity index is 403. The number of fused-ring (bicyclic) bond motifs is 1. The summed E-state index contributed by atoms with van der Waals surface area (Å²) in [7, 11) is 0. The highest BCUT2D eigenvalue weighted by molar-refractivity contribution is 5.88. The largest absolute Gasteiger partial charge is 0.384 e. The molecule has 2 unspecified atom stereocenters. The molecular formula is C14H20N2O. The Kier molecular flexibility index (Phi) is 3.67. The smallest absolute Gasteiger partial charge is 0.229 e. The fourth-order valence-electron chi connectivity index (χ4n) is 2.06. The van der Waals surface area contributed by atoms with Gasteiger partial charge in [-0.1, -0.05) is 38.5 Å². The van der Waals surface area contributed by atoms with Crippen LogP contribution < -0.4 is 10.6 Å². The van der Waals surface area contributed by atoms with Gasteiger partial charge in [0.15, 0.2) is 0 Å². The minimum absolute atomic E-state index is 0.0322. The van der Waals surface area contributed by atoms with Crippen molar-refractivity contribution in [3.63, 3.8) is 0 Å². The summed E-state index contributed by atoms with van der Waals surface area (Å²) in [4.78, 5) is 12.1. The Morgan fingerprint density at radius 2 is 2.29 bits per heavy atom. The van der Waals surface area contributed by atoms with Gasteiger partial charge in [0.25, 0.3) is 0 Å². The van der Waals surface area contributed by atoms with Crippen molar-refractivity contribution in [3.8, 4) is 0 Å². The topological polar surface area (TPSA) is 41.1 Å². The lowest BCUT2D eigenvalue weighted by molar-refractivity contribution is -0.122. The van der Waals surface area contributed by atoms with Gasteiger partial charge in [0.2, 0.25) is 5.91 Å². The maximum absolute atomic E-state index is 12.1. The monoisotopic (exact) mass is 232 g/mol. The molecule has 17 heavy (non-hydrogen) atoms. The van der Waals surface area contributed by atoms with Gasteiger partial charge in [0, 0.05) is 18.8 Å². The zero-order valence-electron chi connectivity index (χ0n) is 10.5. The molecule has 92 valence electrons. The van der Waals surface area contributed by atoms with Gasteiger partial charge >= 0.3 is 0 Å². The van der Waals surface area contributed by atoms with Crippen LogP contribution in [0.15, 0.2) is 24.3 Å². The zero-order valence-corrected chi connectivity index (χ0v) is 10.5. The van der Waals surface area contributed by atoms with E-state index >= 15 is 0 Å². The van der Waals surface area contributed by atoms with Crippen LogP contribution >= 0.6 is 0 Å². The molecule has 2 atom stereocenters. The van der Waals surface area contributed by atoms with Crippen LogP contribution in [0.4, 0.5) is 5.69 Å². The highest BCUT2D eigenvalue weighted by Gasteiger charge is 2.27. The van der Waals surface area contributed by atoms with E-state index in [1.165, 1.54) is 0 Å². The van der Waals surface area contributed by atoms with Gasteiger partial charge in [-0.3, -0.25) is 4.79 Å². The summed E-state index contributed by atoms with van der Waals surface area (Å²) in [5.41, 5.74) is 2.21. The summed E-state index contributed by atoms with van der Waals surface area (Å²) in [5, 5.41) is 6.31. The predicted octanol–water partition coefficient (Wildman–Crippen LogP) is 2.36. The first-order valence-electron chi connectivity index (χ1n) is 6.33. The lowest BCUT2D eigenvalue weighted by Crippen LogP contribution is -2.33. The third-order valence-corrected chi connectivity index (χ3v) is 3.47. The standard InChI is InChI=1S/C14H20N2O/c1-3-10(2)8-16-14(17)12-9-15-13-7-5-4-6-11(12)13/h4-7,10,12,15H,3,8-9H2,1-2H3,(H,16,17). The fraction of sp³-hybridized carbons (Fsp3) is 0.500. The first-order valence-corrected chi connectivity index (χ1v) is 6.33. The van der Waals surface area contributed by atoms with Crippen molar-refractivity contribution in [3.05, 3.63) is 29.8 Å². The maximum atomic E-state index is 12.1. The quantitative estimate of drug-likeness (QED) is 0.836. The summed E-state index contributed by atoms with van der Waals surface area (Å²) in [6.07, 6.45) is 1.10. The molecular weight excluding hydrogens is 212 g/mol. The van der Waals surface area contributed by atoms with Gasteiger partial charge < -0.3 is 10.6 Å². The van der Waals surface area contributed by atoms with Crippen molar-refractivity contribution >= 4 is 11.6 Å². The van der Waals surface area contributed by atoms with Gasteiger partial charge in [-0.05, 0) is 17.5 Å². The van der Waals surface area contributed by atoms with Crippen molar-refractivity contribution < 1.29 is 4.79 Å². The van der Waals surface area contributed by atoms with Crippen LogP contribution in [0.1, 0.15) is 31.7 Å². The lowest BCUT2D eigenvalue weighted by atomic mass is 10.00. The summed E-state index contributed by atoms with van der Waals surface area (Å²) in [6.45, 7) is 5.78. The summed E-state index contributed by atoms with van der Waals surface area (Å²) in [5.74, 6) is 0.654. The van der Waals surface area contributed by atoms with E-state index in [0.29, 0.717) is 12.5 Å². The van der Waals surface area contributed by atoms with Crippen LogP contribution in [0.25, 0.3) is 0 Å². The van der Waals surface area contributed by atoms with Crippen molar-refractivity contribution in [2.75, 3.05) is 18.4 Å². The second-order valence-electron chi connectivity index (χ2n) is 4.78. The first-order chi connectivity index (χ1) is 8.22. The Morgan fingerprint density at radius 3 is 3.06 bits per heavy atom. The maximum Gasteiger partial charge on any atom is 0.229 e. The molecule has 1 aliphatic heterocycles. The molecule has 0 aromatic heterocycles. The number of carbonyl (C=O) groups excluding carboxylic acids is 1. The Labute approximate surface area is 103 Å². The van der Waals surface area contributed by atoms with Crippen LogP contribution in [0.5, 0.6) is 0 Å². The summed E-state index contributed by atoms with van der Waals surface area (Å²) >= 11 is 0. The molecule has 3 nitrogen and oxygen atoms in total. The number of hydrogen-bond donors (Lipinski definition) is 2. The number of amides is 1. The molecule has 1 amide bonds. The molecule has 1 aromatic carbocycles. The van der Waals surface area contributed by atoms with Crippen molar-refractivity contribution in [2.45, 2.75) is 26.2 Å². The molecule has 2 N–H and O–H groups in total. The second kappa shape index (κ2) is 5.21. The number of anilines is 1. The van der Waals surface area contributed by atoms with Crippen LogP contribution in [-0.4, -0.2) is 19.0 Å². The van der Waals surface area contributed by atoms with E-state index in [1.54, 1.807) is 0 Å². The van der Waals surface area contributed by atoms with Gasteiger partial charge in [-0.2, -0.15) is 0 Å². The molecule has 1 heterocycles. The van der Waals surface area contributed by atoms with E-state index in [9.17, 15) is 4.79 Å². The van der Waals surface area contributed by atoms with E-state index in [1.807, 2.05) is 24.3 Å². The summed E-state index contributed by atoms with van der Waals surface area (Å²) < 4.78 is 0. The molecule has 0 fully saturated rings. The Morgan fingerprint density at radius 1 is 1.53 bits per heavy atom. The van der Waals surface area contributed by atoms with E-state index in [4.69, 9.17) is 0 Å². The minimum atomic E-state index is -0.0322. The van der Waals surface area contributed by atoms with Crippen LogP contribution in [0.3, 0.4) is 0 Å². The Hall–Kier alpha value is -1.51. The third-order valence-electron chi connectivity index (χ3n) is 3.47. The van der Waals surface area contributed by atoms with Crippen LogP contribution in [0, 0.1) is 5.92 Å². The lowest BCUT2D eigenvalue weighted by Gasteiger charge is -2.14. The molecule has 0 bridgehead atoms. The van der Waals surface area contributed by atoms with E-state index in [0.717, 1.165) is 24.2 Å². The number of hydrogen-bond acceptors (Lipinski definition) is 2. The average molecular weight is 232 g/mol. The fourth-order valence-corrected chi connectivity index (χ4v) is 2.06. The minimum Gasteiger partial charge on any atom is -0.384 e. The molecule has 0 saturated heterocycles. The summed E-state index contributed by atoms with van der Waals surface area (Å²) in [6, 6.07) is 8.03. The van der Waals surface area contributed by atoms with Gasteiger partial charge in [0.05, 0.1) is 5.92 Å². The van der Waals surface area contributed by atoms with Gasteiger partial charge in [-0.25, -0.2) is 0 Å². The number of para-hydroxylation sites is 1. The van der Waals surface area contributed by atoms with Crippen molar-refractivity contribution in [1.29, 1.82) is 0 Å². The average Bonchev–Trinajstić information content (AvgIpc) is 2.79. The molecule has 0 radical (unpaired) electrons. The molecule has 1 aliphatic rings. The molecule has 1 aromatic rings. The van der Waals surface area contributed by atoms with E-state index < -0.39 is 0 Å². The van der Waals surface area contributed by atoms with Crippen molar-refractivity contribution in [2.24, 2.45) is 5.92 Å². The number of carbonyl (C=O) groups is 1. The Balaban J connectivity index is 1.98. The second-order valence-corrected chi connectivity index (χ2v) is 4.78. The van der Waals surface area contributed by atoms with Crippen LogP contribution in [0.2, 0.25) is 0 Å². The molecule has 2 rings (SSSR count). The number of nitrogens with one attached hydrogen (secondary N) is 2. The van der Waals surface area contributed by atoms with Gasteiger partial charge in [0.1, 0.15) is 0 Å².